The van der Waals surface area contributed by atoms with Gasteiger partial charge in [-0.05, 0) is 0 Å². The highest BCUT2D eigenvalue weighted by atomic mass is 19.1. The lowest BCUT2D eigenvalue weighted by molar-refractivity contribution is 0.0302. The molecule has 2 aromatic heterocycles. The Kier molecular flexibility index (Phi) is 2.83. The summed E-state index contributed by atoms with van der Waals surface area (Å²) < 4.78 is 21.0. The van der Waals surface area contributed by atoms with Crippen molar-refractivity contribution in [1.29, 1.82) is 0 Å². The van der Waals surface area contributed by atoms with Crippen LogP contribution in [0.1, 0.15) is 12.6 Å². The summed E-state index contributed by atoms with van der Waals surface area (Å²) in [6.45, 7) is -0.676. The molecular weight excluding hydrogens is 253 g/mol. The summed E-state index contributed by atoms with van der Waals surface area (Å²) in [6.07, 6.45) is 2.53. The first-order valence-electron chi connectivity index (χ1n) is 5.93. The Balaban J connectivity index is 1.99. The molecule has 1 fully saturated rings. The number of anilines is 1. The number of fused-ring (bicyclic) bond motifs is 1. The third-order valence-corrected chi connectivity index (χ3v) is 3.26. The summed E-state index contributed by atoms with van der Waals surface area (Å²) >= 11 is 0. The van der Waals surface area contributed by atoms with Crippen molar-refractivity contribution < 1.29 is 14.2 Å². The summed E-state index contributed by atoms with van der Waals surface area (Å²) in [5, 5.41) is 11.9. The van der Waals surface area contributed by atoms with Gasteiger partial charge in [0.2, 0.25) is 0 Å². The van der Waals surface area contributed by atoms with Crippen molar-refractivity contribution in [3.05, 3.63) is 12.7 Å². The number of aliphatic hydroxyl groups excluding tert-OH is 1. The topological polar surface area (TPSA) is 85.1 Å². The van der Waals surface area contributed by atoms with Gasteiger partial charge in [-0.2, -0.15) is 0 Å². The van der Waals surface area contributed by atoms with Gasteiger partial charge in [0.1, 0.15) is 18.1 Å². The lowest BCUT2D eigenvalue weighted by atomic mass is 10.1. The van der Waals surface area contributed by atoms with E-state index in [0.29, 0.717) is 17.0 Å². The Morgan fingerprint density at radius 2 is 2.42 bits per heavy atom. The number of halogens is 1. The van der Waals surface area contributed by atoms with Gasteiger partial charge in [0.25, 0.3) is 0 Å². The minimum absolute atomic E-state index is 0.0772. The minimum Gasteiger partial charge on any atom is -0.393 e. The van der Waals surface area contributed by atoms with Gasteiger partial charge in [-0.1, -0.05) is 0 Å². The predicted octanol–water partition coefficient (Wildman–Crippen LogP) is 0.487. The van der Waals surface area contributed by atoms with E-state index in [0.717, 1.165) is 0 Å². The van der Waals surface area contributed by atoms with Crippen molar-refractivity contribution in [2.75, 3.05) is 25.6 Å². The van der Waals surface area contributed by atoms with E-state index in [2.05, 4.69) is 20.3 Å². The number of ether oxygens (including phenoxy) is 1. The summed E-state index contributed by atoms with van der Waals surface area (Å²) in [6, 6.07) is 0. The first-order valence-corrected chi connectivity index (χ1v) is 5.93. The van der Waals surface area contributed by atoms with Crippen LogP contribution in [0.15, 0.2) is 12.7 Å². The normalized spacial score (nSPS) is 27.0. The smallest absolute Gasteiger partial charge is 0.167 e. The largest absolute Gasteiger partial charge is 0.393 e. The van der Waals surface area contributed by atoms with E-state index in [1.54, 1.807) is 17.9 Å². The number of imidazole rings is 1. The molecular formula is C11H14FN5O2. The van der Waals surface area contributed by atoms with Gasteiger partial charge in [0.15, 0.2) is 17.1 Å². The molecule has 2 unspecified atom stereocenters. The average molecular weight is 267 g/mol. The van der Waals surface area contributed by atoms with Crippen molar-refractivity contribution in [3.8, 4) is 0 Å². The Morgan fingerprint density at radius 3 is 3.11 bits per heavy atom. The maximum Gasteiger partial charge on any atom is 0.167 e. The molecule has 2 atom stereocenters. The van der Waals surface area contributed by atoms with Crippen LogP contribution >= 0.6 is 0 Å². The summed E-state index contributed by atoms with van der Waals surface area (Å²) in [7, 11) is 1.74. The van der Waals surface area contributed by atoms with Crippen LogP contribution < -0.4 is 5.32 Å². The number of aromatic nitrogens is 4. The molecule has 0 radical (unpaired) electrons. The van der Waals surface area contributed by atoms with Gasteiger partial charge in [0, 0.05) is 13.5 Å². The summed E-state index contributed by atoms with van der Waals surface area (Å²) in [4.78, 5) is 12.4. The van der Waals surface area contributed by atoms with Gasteiger partial charge < -0.3 is 15.2 Å². The molecule has 7 nitrogen and oxygen atoms in total. The number of hydrogen-bond donors (Lipinski definition) is 2. The van der Waals surface area contributed by atoms with Crippen molar-refractivity contribution >= 4 is 17.0 Å². The van der Waals surface area contributed by atoms with E-state index >= 15 is 0 Å². The molecule has 0 aliphatic carbocycles. The van der Waals surface area contributed by atoms with E-state index in [1.165, 1.54) is 6.33 Å². The summed E-state index contributed by atoms with van der Waals surface area (Å²) in [5.41, 5.74) is -0.513. The second-order valence-corrected chi connectivity index (χ2v) is 4.58. The molecule has 0 amide bonds. The molecule has 1 aliphatic heterocycles. The third kappa shape index (κ3) is 1.92. The fraction of sp³-hybridized carbons (Fsp3) is 0.545. The summed E-state index contributed by atoms with van der Waals surface area (Å²) in [5.74, 6) is 0.607. The van der Waals surface area contributed by atoms with E-state index in [9.17, 15) is 4.39 Å². The van der Waals surface area contributed by atoms with Gasteiger partial charge in [-0.25, -0.2) is 19.3 Å². The van der Waals surface area contributed by atoms with Crippen LogP contribution in [0.2, 0.25) is 0 Å². The van der Waals surface area contributed by atoms with Gasteiger partial charge in [-0.3, -0.25) is 4.57 Å². The second-order valence-electron chi connectivity index (χ2n) is 4.58. The van der Waals surface area contributed by atoms with Crippen molar-refractivity contribution in [3.63, 3.8) is 0 Å². The molecule has 0 aromatic carbocycles. The van der Waals surface area contributed by atoms with Crippen molar-refractivity contribution in [1.82, 2.24) is 19.5 Å². The zero-order valence-corrected chi connectivity index (χ0v) is 10.4. The quantitative estimate of drug-likeness (QED) is 0.841. The van der Waals surface area contributed by atoms with Gasteiger partial charge >= 0.3 is 0 Å². The van der Waals surface area contributed by atoms with Crippen molar-refractivity contribution in [2.45, 2.75) is 18.3 Å². The Hall–Kier alpha value is -1.80. The SMILES string of the molecule is CNc1ncnc2c1ncn2C1CC(F)(CO)CO1. The number of alkyl halides is 1. The Labute approximate surface area is 108 Å². The van der Waals surface area contributed by atoms with E-state index < -0.39 is 18.5 Å². The second kappa shape index (κ2) is 4.39. The van der Waals surface area contributed by atoms with Crippen molar-refractivity contribution in [2.24, 2.45) is 0 Å². The monoisotopic (exact) mass is 267 g/mol. The highest BCUT2D eigenvalue weighted by Gasteiger charge is 2.41. The Morgan fingerprint density at radius 1 is 1.58 bits per heavy atom. The molecule has 2 aromatic rings. The van der Waals surface area contributed by atoms with Crippen LogP contribution in [-0.4, -0.2) is 50.6 Å². The number of hydrogen-bond acceptors (Lipinski definition) is 6. The maximum absolute atomic E-state index is 14.0. The molecule has 2 N–H and O–H groups in total. The highest BCUT2D eigenvalue weighted by Crippen LogP contribution is 2.35. The molecule has 0 saturated carbocycles. The fourth-order valence-corrected chi connectivity index (χ4v) is 2.21. The minimum atomic E-state index is -1.69. The lowest BCUT2D eigenvalue weighted by Crippen LogP contribution is -2.27. The zero-order valence-electron chi connectivity index (χ0n) is 10.4. The van der Waals surface area contributed by atoms with Gasteiger partial charge in [-0.15, -0.1) is 0 Å². The van der Waals surface area contributed by atoms with E-state index in [1.807, 2.05) is 0 Å². The van der Waals surface area contributed by atoms with E-state index in [-0.39, 0.29) is 13.0 Å². The number of rotatable bonds is 3. The molecule has 1 saturated heterocycles. The molecule has 3 heterocycles. The third-order valence-electron chi connectivity index (χ3n) is 3.26. The molecule has 8 heteroatoms. The van der Waals surface area contributed by atoms with Crippen LogP contribution in [0.4, 0.5) is 10.2 Å². The fourth-order valence-electron chi connectivity index (χ4n) is 2.21. The van der Waals surface area contributed by atoms with Crippen LogP contribution in [0.3, 0.4) is 0 Å². The first kappa shape index (κ1) is 12.2. The first-order chi connectivity index (χ1) is 9.17. The van der Waals surface area contributed by atoms with E-state index in [4.69, 9.17) is 9.84 Å². The molecule has 102 valence electrons. The maximum atomic E-state index is 14.0. The standard InChI is InChI=1S/C11H14FN5O2/c1-13-9-8-10(15-5-14-9)17(6-16-8)7-2-11(12,3-18)4-19-7/h5-7,18H,2-4H2,1H3,(H,13,14,15). The van der Waals surface area contributed by atoms with Crippen LogP contribution in [0, 0.1) is 0 Å². The zero-order chi connectivity index (χ0) is 13.5. The van der Waals surface area contributed by atoms with Gasteiger partial charge in [0.05, 0.1) is 19.5 Å². The van der Waals surface area contributed by atoms with Crippen LogP contribution in [0.25, 0.3) is 11.2 Å². The number of aliphatic hydroxyl groups is 1. The average Bonchev–Trinajstić information content (AvgIpc) is 3.02. The predicted molar refractivity (Wildman–Crippen MR) is 65.4 cm³/mol. The van der Waals surface area contributed by atoms with Crippen LogP contribution in [-0.2, 0) is 4.74 Å². The Bertz CT molecular complexity index is 604. The molecule has 0 spiro atoms. The molecule has 19 heavy (non-hydrogen) atoms. The number of nitrogens with one attached hydrogen (secondary N) is 1. The molecule has 1 aliphatic rings. The number of nitrogens with zero attached hydrogens (tertiary/aromatic N) is 4. The lowest BCUT2D eigenvalue weighted by Gasteiger charge is -2.14. The molecule has 3 rings (SSSR count). The van der Waals surface area contributed by atoms with Crippen LogP contribution in [0.5, 0.6) is 0 Å². The highest BCUT2D eigenvalue weighted by molar-refractivity contribution is 5.82. The molecule has 0 bridgehead atoms.